The Morgan fingerprint density at radius 1 is 1.09 bits per heavy atom. The number of rotatable bonds is 6. The van der Waals surface area contributed by atoms with Crippen LogP contribution < -0.4 is 20.5 Å². The summed E-state index contributed by atoms with van der Waals surface area (Å²) in [7, 11) is 0. The second kappa shape index (κ2) is 9.84. The molecule has 4 rings (SSSR count). The molecule has 3 aromatic heterocycles. The second-order valence-corrected chi connectivity index (χ2v) is 8.24. The third-order valence-corrected chi connectivity index (χ3v) is 6.22. The van der Waals surface area contributed by atoms with Gasteiger partial charge in [-0.25, -0.2) is 9.59 Å². The quantitative estimate of drug-likeness (QED) is 0.511. The van der Waals surface area contributed by atoms with Crippen LogP contribution in [0.5, 0.6) is 0 Å². The Kier molecular flexibility index (Phi) is 6.69. The number of nitrogens with two attached hydrogens (primary N) is 1. The van der Waals surface area contributed by atoms with Gasteiger partial charge in [0.25, 0.3) is 5.56 Å². The van der Waals surface area contributed by atoms with E-state index in [4.69, 9.17) is 15.2 Å². The fourth-order valence-corrected chi connectivity index (χ4v) is 4.90. The molecule has 0 saturated carbocycles. The van der Waals surface area contributed by atoms with Crippen LogP contribution in [-0.2, 0) is 19.1 Å². The number of esters is 2. The van der Waals surface area contributed by atoms with Gasteiger partial charge in [-0.3, -0.25) is 19.3 Å². The van der Waals surface area contributed by atoms with Crippen LogP contribution >= 0.6 is 11.3 Å². The van der Waals surface area contributed by atoms with Crippen molar-refractivity contribution in [3.63, 3.8) is 0 Å². The van der Waals surface area contributed by atoms with Crippen LogP contribution in [0.3, 0.4) is 0 Å². The Hall–Kier alpha value is -4.05. The molecule has 0 spiro atoms. The number of aromatic nitrogens is 3. The van der Waals surface area contributed by atoms with Gasteiger partial charge in [0.1, 0.15) is 10.2 Å². The molecule has 3 aromatic rings. The maximum absolute atomic E-state index is 13.7. The first-order chi connectivity index (χ1) is 16.5. The molecule has 0 fully saturated rings. The zero-order valence-electron chi connectivity index (χ0n) is 18.6. The van der Waals surface area contributed by atoms with Crippen molar-refractivity contribution in [2.45, 2.75) is 19.9 Å². The van der Waals surface area contributed by atoms with Crippen LogP contribution in [0.15, 0.2) is 65.1 Å². The summed E-state index contributed by atoms with van der Waals surface area (Å²) in [6.45, 7) is 3.51. The molecule has 0 aliphatic carbocycles. The van der Waals surface area contributed by atoms with Gasteiger partial charge in [0.2, 0.25) is 0 Å². The zero-order chi connectivity index (χ0) is 24.2. The van der Waals surface area contributed by atoms with Gasteiger partial charge in [-0.2, -0.15) is 0 Å². The van der Waals surface area contributed by atoms with E-state index in [9.17, 15) is 14.4 Å². The average molecular weight is 479 g/mol. The highest BCUT2D eigenvalue weighted by Crippen LogP contribution is 2.32. The predicted molar refractivity (Wildman–Crippen MR) is 126 cm³/mol. The van der Waals surface area contributed by atoms with E-state index in [0.717, 1.165) is 11.3 Å². The zero-order valence-corrected chi connectivity index (χ0v) is 19.4. The number of pyridine rings is 2. The largest absolute Gasteiger partial charge is 0.463 e. The standard InChI is InChI=1S/C24H22N4O5S/c1-3-32-23(30)17-19(25)18(24(31)33-4-2)22-28(20(17)15-8-6-10-27-13-15)21(29)16(34-22)11-14-7-5-9-26-12-14/h5-13,20H,3-4,25H2,1-2H3/b16-11+. The van der Waals surface area contributed by atoms with Crippen LogP contribution in [0.4, 0.5) is 0 Å². The van der Waals surface area contributed by atoms with Gasteiger partial charge in [-0.15, -0.1) is 11.3 Å². The molecule has 1 aliphatic rings. The summed E-state index contributed by atoms with van der Waals surface area (Å²) < 4.78 is 12.5. The molecule has 34 heavy (non-hydrogen) atoms. The lowest BCUT2D eigenvalue weighted by Gasteiger charge is -2.27. The average Bonchev–Trinajstić information content (AvgIpc) is 3.14. The van der Waals surface area contributed by atoms with E-state index in [1.165, 1.54) is 4.57 Å². The number of nitrogens with zero attached hydrogens (tertiary/aromatic N) is 3. The number of hydrogen-bond acceptors (Lipinski definition) is 9. The summed E-state index contributed by atoms with van der Waals surface area (Å²) in [5, 5.41) is 0. The lowest BCUT2D eigenvalue weighted by Crippen LogP contribution is -2.43. The topological polar surface area (TPSA) is 126 Å². The molecule has 0 amide bonds. The first-order valence-electron chi connectivity index (χ1n) is 10.6. The Morgan fingerprint density at radius 3 is 2.38 bits per heavy atom. The minimum Gasteiger partial charge on any atom is -0.463 e. The molecular formula is C24H22N4O5S. The van der Waals surface area contributed by atoms with Crippen molar-refractivity contribution in [2.75, 3.05) is 13.2 Å². The summed E-state index contributed by atoms with van der Waals surface area (Å²) in [5.74, 6) is -1.45. The lowest BCUT2D eigenvalue weighted by atomic mass is 9.93. The molecule has 1 unspecified atom stereocenters. The molecule has 4 heterocycles. The number of fused-ring (bicyclic) bond motifs is 1. The van der Waals surface area contributed by atoms with Gasteiger partial charge in [0.15, 0.2) is 0 Å². The van der Waals surface area contributed by atoms with Gasteiger partial charge in [-0.05, 0) is 43.2 Å². The Labute approximate surface area is 198 Å². The predicted octanol–water partition coefficient (Wildman–Crippen LogP) is 0.621. The number of carbonyl (C=O) groups excluding carboxylic acids is 2. The van der Waals surface area contributed by atoms with Crippen molar-refractivity contribution < 1.29 is 19.1 Å². The van der Waals surface area contributed by atoms with Crippen molar-refractivity contribution in [1.29, 1.82) is 0 Å². The van der Waals surface area contributed by atoms with E-state index < -0.39 is 23.5 Å². The maximum Gasteiger partial charge on any atom is 0.343 e. The summed E-state index contributed by atoms with van der Waals surface area (Å²) in [4.78, 5) is 47.9. The van der Waals surface area contributed by atoms with Crippen molar-refractivity contribution in [3.8, 4) is 0 Å². The van der Waals surface area contributed by atoms with E-state index in [1.54, 1.807) is 69.0 Å². The van der Waals surface area contributed by atoms with Gasteiger partial charge < -0.3 is 15.2 Å². The number of ether oxygens (including phenoxy) is 2. The summed E-state index contributed by atoms with van der Waals surface area (Å²) in [6, 6.07) is 6.06. The van der Waals surface area contributed by atoms with Gasteiger partial charge in [0.05, 0.1) is 35.1 Å². The highest BCUT2D eigenvalue weighted by atomic mass is 32.1. The molecule has 2 N–H and O–H groups in total. The van der Waals surface area contributed by atoms with Gasteiger partial charge in [-0.1, -0.05) is 12.1 Å². The molecule has 0 bridgehead atoms. The van der Waals surface area contributed by atoms with Crippen molar-refractivity contribution in [1.82, 2.24) is 14.5 Å². The van der Waals surface area contributed by atoms with E-state index in [2.05, 4.69) is 9.97 Å². The SMILES string of the molecule is CCOC(=O)C1=C(N)C(C(=O)OCC)=c2s/c(=C/c3cccnc3)c(=O)n2C1c1cccnc1. The third kappa shape index (κ3) is 4.15. The van der Waals surface area contributed by atoms with Crippen LogP contribution in [0.2, 0.25) is 0 Å². The molecule has 0 aromatic carbocycles. The lowest BCUT2D eigenvalue weighted by molar-refractivity contribution is -0.139. The number of carbonyl (C=O) groups is 2. The fourth-order valence-electron chi connectivity index (χ4n) is 3.73. The van der Waals surface area contributed by atoms with E-state index in [1.807, 2.05) is 0 Å². The minimum atomic E-state index is -0.930. The molecule has 174 valence electrons. The highest BCUT2D eigenvalue weighted by Gasteiger charge is 2.38. The summed E-state index contributed by atoms with van der Waals surface area (Å²) >= 11 is 1.09. The van der Waals surface area contributed by atoms with Gasteiger partial charge >= 0.3 is 11.9 Å². The van der Waals surface area contributed by atoms with Gasteiger partial charge in [0, 0.05) is 24.8 Å². The van der Waals surface area contributed by atoms with Crippen LogP contribution in [0.25, 0.3) is 11.6 Å². The normalized spacial score (nSPS) is 15.8. The molecule has 0 saturated heterocycles. The molecule has 0 radical (unpaired) electrons. The van der Waals surface area contributed by atoms with E-state index in [-0.39, 0.29) is 34.7 Å². The number of hydrogen-bond donors (Lipinski definition) is 1. The molecular weight excluding hydrogens is 456 g/mol. The van der Waals surface area contributed by atoms with Crippen molar-refractivity contribution in [3.05, 3.63) is 91.0 Å². The summed E-state index contributed by atoms with van der Waals surface area (Å²) in [5.41, 5.74) is 7.15. The van der Waals surface area contributed by atoms with Crippen LogP contribution in [0, 0.1) is 0 Å². The first kappa shape index (κ1) is 23.1. The molecule has 9 nitrogen and oxygen atoms in total. The molecule has 1 atom stereocenters. The maximum atomic E-state index is 13.7. The molecule has 10 heteroatoms. The fraction of sp³-hybridized carbons (Fsp3) is 0.208. The Morgan fingerprint density at radius 2 is 1.76 bits per heavy atom. The Bertz CT molecular complexity index is 1440. The summed E-state index contributed by atoms with van der Waals surface area (Å²) in [6.07, 6.45) is 8.05. The van der Waals surface area contributed by atoms with Crippen LogP contribution in [0.1, 0.15) is 31.0 Å². The van der Waals surface area contributed by atoms with Crippen LogP contribution in [-0.4, -0.2) is 39.7 Å². The van der Waals surface area contributed by atoms with E-state index in [0.29, 0.717) is 15.7 Å². The monoisotopic (exact) mass is 478 g/mol. The first-order valence-corrected chi connectivity index (χ1v) is 11.4. The number of thiazole rings is 1. The van der Waals surface area contributed by atoms with E-state index >= 15 is 0 Å². The Balaban J connectivity index is 2.11. The van der Waals surface area contributed by atoms with Crippen molar-refractivity contribution in [2.24, 2.45) is 5.73 Å². The minimum absolute atomic E-state index is 0.0155. The molecule has 1 aliphatic heterocycles. The van der Waals surface area contributed by atoms with Crippen molar-refractivity contribution >= 4 is 34.9 Å². The third-order valence-electron chi connectivity index (χ3n) is 5.12. The highest BCUT2D eigenvalue weighted by molar-refractivity contribution is 7.07. The second-order valence-electron chi connectivity index (χ2n) is 7.21. The smallest absolute Gasteiger partial charge is 0.343 e.